The van der Waals surface area contributed by atoms with Crippen LogP contribution in [0, 0.1) is 10.1 Å². The smallest absolute Gasteiger partial charge is 0.159 e. The zero-order valence-corrected chi connectivity index (χ0v) is 11.6. The maximum absolute atomic E-state index is 9.43. The van der Waals surface area contributed by atoms with E-state index in [1.54, 1.807) is 0 Å². The van der Waals surface area contributed by atoms with Gasteiger partial charge in [-0.05, 0) is 11.1 Å². The molecule has 0 unspecified atom stereocenters. The fraction of sp³-hybridized carbons (Fsp3) is 0.125. The zero-order chi connectivity index (χ0) is 14.8. The first-order valence-electron chi connectivity index (χ1n) is 6.19. The summed E-state index contributed by atoms with van der Waals surface area (Å²) in [5.41, 5.74) is 2.47. The van der Waals surface area contributed by atoms with Crippen molar-refractivity contribution < 1.29 is 5.03 Å². The summed E-state index contributed by atoms with van der Waals surface area (Å²) in [6.07, 6.45) is 4.24. The largest absolute Gasteiger partial charge is 0.235 e. The first kappa shape index (κ1) is 15.4. The number of hydrogen-bond donors (Lipinski definition) is 0. The average Bonchev–Trinajstić information content (AvgIpc) is 2.48. The first-order valence-corrected chi connectivity index (χ1v) is 6.19. The summed E-state index contributed by atoms with van der Waals surface area (Å²) >= 11 is 0. The SMILES string of the molecule is C(=Cc1ccccc1)c1ccccc1.CN(C)[N+](=O)[O-]. The third-order valence-electron chi connectivity index (χ3n) is 2.39. The molecule has 0 spiro atoms. The molecule has 0 bridgehead atoms. The lowest BCUT2D eigenvalue weighted by atomic mass is 10.1. The minimum absolute atomic E-state index is 0.500. The van der Waals surface area contributed by atoms with Gasteiger partial charge >= 0.3 is 0 Å². The maximum Gasteiger partial charge on any atom is 0.159 e. The van der Waals surface area contributed by atoms with Crippen LogP contribution in [-0.2, 0) is 0 Å². The fourth-order valence-electron chi connectivity index (χ4n) is 1.32. The van der Waals surface area contributed by atoms with E-state index in [1.165, 1.54) is 25.2 Å². The molecule has 2 aromatic rings. The Morgan fingerprint density at radius 3 is 1.40 bits per heavy atom. The third kappa shape index (κ3) is 6.35. The number of hydrazine groups is 1. The van der Waals surface area contributed by atoms with Gasteiger partial charge in [-0.1, -0.05) is 72.8 Å². The van der Waals surface area contributed by atoms with Crippen LogP contribution in [0.3, 0.4) is 0 Å². The van der Waals surface area contributed by atoms with Gasteiger partial charge < -0.3 is 0 Å². The first-order chi connectivity index (χ1) is 9.59. The molecule has 4 nitrogen and oxygen atoms in total. The highest BCUT2D eigenvalue weighted by Crippen LogP contribution is 2.06. The van der Waals surface area contributed by atoms with Crippen molar-refractivity contribution in [1.82, 2.24) is 5.01 Å². The van der Waals surface area contributed by atoms with Gasteiger partial charge in [-0.3, -0.25) is 0 Å². The van der Waals surface area contributed by atoms with Crippen molar-refractivity contribution in [1.29, 1.82) is 0 Å². The number of benzene rings is 2. The molecule has 0 saturated carbocycles. The Kier molecular flexibility index (Phi) is 6.54. The van der Waals surface area contributed by atoms with Gasteiger partial charge in [-0.2, -0.15) is 0 Å². The normalized spacial score (nSPS) is 9.70. The van der Waals surface area contributed by atoms with E-state index in [4.69, 9.17) is 0 Å². The molecule has 0 atom stereocenters. The van der Waals surface area contributed by atoms with E-state index < -0.39 is 5.03 Å². The molecule has 0 amide bonds. The molecule has 0 heterocycles. The van der Waals surface area contributed by atoms with Crippen LogP contribution < -0.4 is 0 Å². The van der Waals surface area contributed by atoms with Gasteiger partial charge in [0.05, 0.1) is 14.1 Å². The molecule has 2 rings (SSSR count). The molecule has 0 radical (unpaired) electrons. The van der Waals surface area contributed by atoms with Crippen molar-refractivity contribution in [2.75, 3.05) is 14.1 Å². The lowest BCUT2D eigenvalue weighted by molar-refractivity contribution is -0.642. The van der Waals surface area contributed by atoms with Crippen molar-refractivity contribution in [3.05, 3.63) is 81.9 Å². The molecular formula is C16H18N2O2. The van der Waals surface area contributed by atoms with E-state index in [-0.39, 0.29) is 0 Å². The summed E-state index contributed by atoms with van der Waals surface area (Å²) in [5.74, 6) is 0. The highest BCUT2D eigenvalue weighted by atomic mass is 16.7. The topological polar surface area (TPSA) is 46.4 Å². The van der Waals surface area contributed by atoms with Crippen LogP contribution in [-0.4, -0.2) is 24.1 Å². The van der Waals surface area contributed by atoms with E-state index in [2.05, 4.69) is 36.4 Å². The van der Waals surface area contributed by atoms with Gasteiger partial charge in [0.1, 0.15) is 0 Å². The molecule has 0 aliphatic carbocycles. The van der Waals surface area contributed by atoms with Crippen LogP contribution in [0.5, 0.6) is 0 Å². The Bertz CT molecular complexity index is 495. The Hall–Kier alpha value is -2.62. The number of nitrogens with zero attached hydrogens (tertiary/aromatic N) is 2. The van der Waals surface area contributed by atoms with Crippen LogP contribution in [0.2, 0.25) is 0 Å². The van der Waals surface area contributed by atoms with Crippen LogP contribution in [0.15, 0.2) is 60.7 Å². The summed E-state index contributed by atoms with van der Waals surface area (Å²) in [7, 11) is 2.75. The molecule has 0 aliphatic heterocycles. The van der Waals surface area contributed by atoms with E-state index in [0.29, 0.717) is 0 Å². The monoisotopic (exact) mass is 270 g/mol. The van der Waals surface area contributed by atoms with E-state index in [0.717, 1.165) is 5.01 Å². The number of hydrogen-bond acceptors (Lipinski definition) is 2. The summed E-state index contributed by atoms with van der Waals surface area (Å²) < 4.78 is 0. The summed E-state index contributed by atoms with van der Waals surface area (Å²) in [6, 6.07) is 20.6. The molecular weight excluding hydrogens is 252 g/mol. The van der Waals surface area contributed by atoms with Gasteiger partial charge in [-0.25, -0.2) is 10.1 Å². The molecule has 2 aromatic carbocycles. The molecule has 0 saturated heterocycles. The number of rotatable bonds is 3. The van der Waals surface area contributed by atoms with Crippen molar-refractivity contribution in [2.45, 2.75) is 0 Å². The summed E-state index contributed by atoms with van der Waals surface area (Å²) in [4.78, 5) is 9.43. The minimum Gasteiger partial charge on any atom is -0.235 e. The lowest BCUT2D eigenvalue weighted by Gasteiger charge is -1.94. The lowest BCUT2D eigenvalue weighted by Crippen LogP contribution is -2.18. The molecule has 4 heteroatoms. The summed E-state index contributed by atoms with van der Waals surface area (Å²) in [5, 5.41) is 9.82. The maximum atomic E-state index is 9.43. The van der Waals surface area contributed by atoms with Gasteiger partial charge in [0, 0.05) is 0 Å². The minimum atomic E-state index is -0.500. The Morgan fingerprint density at radius 1 is 0.850 bits per heavy atom. The highest BCUT2D eigenvalue weighted by Gasteiger charge is 1.91. The van der Waals surface area contributed by atoms with Gasteiger partial charge in [0.2, 0.25) is 0 Å². The van der Waals surface area contributed by atoms with E-state index >= 15 is 0 Å². The molecule has 0 aliphatic rings. The number of nitro groups is 1. The standard InChI is InChI=1S/C14H12.C2H6N2O2/c1-3-7-13(8-4-1)11-12-14-9-5-2-6-10-14;1-3(2)4(5)6/h1-12H;1-2H3. The van der Waals surface area contributed by atoms with Gasteiger partial charge in [-0.15, -0.1) is 5.01 Å². The van der Waals surface area contributed by atoms with Crippen LogP contribution in [0.25, 0.3) is 12.2 Å². The Balaban J connectivity index is 0.000000286. The molecule has 20 heavy (non-hydrogen) atoms. The highest BCUT2D eigenvalue weighted by molar-refractivity contribution is 5.69. The zero-order valence-electron chi connectivity index (χ0n) is 11.6. The summed E-state index contributed by atoms with van der Waals surface area (Å²) in [6.45, 7) is 0. The van der Waals surface area contributed by atoms with Gasteiger partial charge in [0.15, 0.2) is 5.03 Å². The predicted octanol–water partition coefficient (Wildman–Crippen LogP) is 3.60. The van der Waals surface area contributed by atoms with Crippen molar-refractivity contribution >= 4 is 12.2 Å². The Labute approximate surface area is 119 Å². The van der Waals surface area contributed by atoms with Crippen LogP contribution in [0.1, 0.15) is 11.1 Å². The van der Waals surface area contributed by atoms with E-state index in [1.807, 2.05) is 36.4 Å². The second-order valence-corrected chi connectivity index (χ2v) is 4.24. The average molecular weight is 270 g/mol. The molecule has 104 valence electrons. The quantitative estimate of drug-likeness (QED) is 0.486. The van der Waals surface area contributed by atoms with Crippen molar-refractivity contribution in [3.8, 4) is 0 Å². The second-order valence-electron chi connectivity index (χ2n) is 4.24. The van der Waals surface area contributed by atoms with E-state index in [9.17, 15) is 10.1 Å². The fourth-order valence-corrected chi connectivity index (χ4v) is 1.32. The van der Waals surface area contributed by atoms with Gasteiger partial charge in [0.25, 0.3) is 0 Å². The second kappa shape index (κ2) is 8.48. The Morgan fingerprint density at radius 2 is 1.15 bits per heavy atom. The van der Waals surface area contributed by atoms with Crippen LogP contribution >= 0.6 is 0 Å². The molecule has 0 N–H and O–H groups in total. The molecule has 0 fully saturated rings. The molecule has 0 aromatic heterocycles. The third-order valence-corrected chi connectivity index (χ3v) is 2.39. The predicted molar refractivity (Wildman–Crippen MR) is 82.5 cm³/mol. The van der Waals surface area contributed by atoms with Crippen LogP contribution in [0.4, 0.5) is 0 Å². The van der Waals surface area contributed by atoms with Crippen molar-refractivity contribution in [3.63, 3.8) is 0 Å². The van der Waals surface area contributed by atoms with Crippen molar-refractivity contribution in [2.24, 2.45) is 0 Å².